The van der Waals surface area contributed by atoms with E-state index in [1.165, 1.54) is 12.8 Å². The first-order chi connectivity index (χ1) is 9.61. The minimum absolute atomic E-state index is 0.0623. The van der Waals surface area contributed by atoms with Crippen molar-refractivity contribution in [2.45, 2.75) is 37.6 Å². The Kier molecular flexibility index (Phi) is 5.49. The van der Waals surface area contributed by atoms with Gasteiger partial charge in [-0.1, -0.05) is 19.1 Å². The van der Waals surface area contributed by atoms with Crippen molar-refractivity contribution < 1.29 is 4.79 Å². The predicted molar refractivity (Wildman–Crippen MR) is 86.3 cm³/mol. The molecule has 1 saturated heterocycles. The minimum atomic E-state index is -0.0623. The first-order valence-corrected chi connectivity index (χ1v) is 8.52. The molecule has 1 fully saturated rings. The molecule has 0 bridgehead atoms. The lowest BCUT2D eigenvalue weighted by atomic mass is 9.99. The molecule has 0 spiro atoms. The van der Waals surface area contributed by atoms with Gasteiger partial charge in [0.1, 0.15) is 0 Å². The number of para-hydroxylation sites is 1. The van der Waals surface area contributed by atoms with Gasteiger partial charge in [0, 0.05) is 11.4 Å². The fourth-order valence-electron chi connectivity index (χ4n) is 2.73. The van der Waals surface area contributed by atoms with Gasteiger partial charge in [0.2, 0.25) is 5.91 Å². The van der Waals surface area contributed by atoms with Gasteiger partial charge in [-0.25, -0.2) is 0 Å². The standard InChI is InChI=1S/C16H24N2OS/c1-12-7-6-10-18(11-12)13(2)16(19)17-14-8-4-5-9-15(14)20-3/h4-5,8-9,12-13H,6-7,10-11H2,1-3H3,(H,17,19). The summed E-state index contributed by atoms with van der Waals surface area (Å²) in [5, 5.41) is 3.07. The van der Waals surface area contributed by atoms with Crippen LogP contribution >= 0.6 is 11.8 Å². The molecule has 2 atom stereocenters. The summed E-state index contributed by atoms with van der Waals surface area (Å²) in [6.07, 6.45) is 4.50. The number of rotatable bonds is 4. The van der Waals surface area contributed by atoms with Gasteiger partial charge < -0.3 is 5.32 Å². The Balaban J connectivity index is 2.00. The lowest BCUT2D eigenvalue weighted by Gasteiger charge is -2.34. The van der Waals surface area contributed by atoms with E-state index in [1.54, 1.807) is 11.8 Å². The molecule has 20 heavy (non-hydrogen) atoms. The second-order valence-corrected chi connectivity index (χ2v) is 6.46. The minimum Gasteiger partial charge on any atom is -0.324 e. The zero-order chi connectivity index (χ0) is 14.5. The number of benzene rings is 1. The van der Waals surface area contributed by atoms with E-state index in [2.05, 4.69) is 17.1 Å². The third-order valence-corrected chi connectivity index (χ3v) is 4.78. The highest BCUT2D eigenvalue weighted by Crippen LogP contribution is 2.25. The summed E-state index contributed by atoms with van der Waals surface area (Å²) in [5.41, 5.74) is 0.918. The number of amides is 1. The maximum absolute atomic E-state index is 12.4. The molecule has 1 N–H and O–H groups in total. The van der Waals surface area contributed by atoms with Crippen molar-refractivity contribution in [2.75, 3.05) is 24.7 Å². The largest absolute Gasteiger partial charge is 0.324 e. The van der Waals surface area contributed by atoms with Crippen LogP contribution in [0.3, 0.4) is 0 Å². The van der Waals surface area contributed by atoms with Crippen molar-refractivity contribution in [3.8, 4) is 0 Å². The van der Waals surface area contributed by atoms with Crippen LogP contribution in [0.15, 0.2) is 29.2 Å². The smallest absolute Gasteiger partial charge is 0.241 e. The van der Waals surface area contributed by atoms with E-state index in [0.717, 1.165) is 23.7 Å². The van der Waals surface area contributed by atoms with Crippen molar-refractivity contribution in [1.82, 2.24) is 4.90 Å². The van der Waals surface area contributed by atoms with Crippen molar-refractivity contribution in [2.24, 2.45) is 5.92 Å². The summed E-state index contributed by atoms with van der Waals surface area (Å²) in [7, 11) is 0. The first-order valence-electron chi connectivity index (χ1n) is 7.29. The molecule has 3 nitrogen and oxygen atoms in total. The van der Waals surface area contributed by atoms with Crippen LogP contribution in [0.4, 0.5) is 5.69 Å². The Morgan fingerprint density at radius 2 is 2.20 bits per heavy atom. The second-order valence-electron chi connectivity index (χ2n) is 5.61. The molecule has 0 aliphatic carbocycles. The Morgan fingerprint density at radius 3 is 2.90 bits per heavy atom. The SMILES string of the molecule is CSc1ccccc1NC(=O)C(C)N1CCCC(C)C1. The average molecular weight is 292 g/mol. The number of hydrogen-bond donors (Lipinski definition) is 1. The van der Waals surface area contributed by atoms with Crippen molar-refractivity contribution in [1.29, 1.82) is 0 Å². The fraction of sp³-hybridized carbons (Fsp3) is 0.562. The molecule has 0 saturated carbocycles. The summed E-state index contributed by atoms with van der Waals surface area (Å²) < 4.78 is 0. The molecule has 1 aliphatic heterocycles. The highest BCUT2D eigenvalue weighted by atomic mass is 32.2. The molecule has 1 aromatic carbocycles. The van der Waals surface area contributed by atoms with E-state index in [0.29, 0.717) is 5.92 Å². The van der Waals surface area contributed by atoms with Crippen LogP contribution < -0.4 is 5.32 Å². The Morgan fingerprint density at radius 1 is 1.45 bits per heavy atom. The number of nitrogens with one attached hydrogen (secondary N) is 1. The van der Waals surface area contributed by atoms with E-state index < -0.39 is 0 Å². The highest BCUT2D eigenvalue weighted by molar-refractivity contribution is 7.98. The Hall–Kier alpha value is -1.00. The van der Waals surface area contributed by atoms with Gasteiger partial charge in [0.25, 0.3) is 0 Å². The number of carbonyl (C=O) groups is 1. The molecular formula is C16H24N2OS. The van der Waals surface area contributed by atoms with Crippen LogP contribution in [0.2, 0.25) is 0 Å². The molecule has 1 aromatic rings. The monoisotopic (exact) mass is 292 g/mol. The molecule has 2 rings (SSSR count). The zero-order valence-corrected chi connectivity index (χ0v) is 13.4. The van der Waals surface area contributed by atoms with Crippen LogP contribution in [-0.2, 0) is 4.79 Å². The normalized spacial score (nSPS) is 21.4. The molecule has 1 aliphatic rings. The Labute approximate surface area is 126 Å². The van der Waals surface area contributed by atoms with Gasteiger partial charge in [-0.2, -0.15) is 0 Å². The summed E-state index contributed by atoms with van der Waals surface area (Å²) in [6.45, 7) is 6.33. The van der Waals surface area contributed by atoms with Crippen LogP contribution in [0.25, 0.3) is 0 Å². The first kappa shape index (κ1) is 15.4. The zero-order valence-electron chi connectivity index (χ0n) is 12.6. The van der Waals surface area contributed by atoms with Crippen molar-refractivity contribution in [3.05, 3.63) is 24.3 Å². The van der Waals surface area contributed by atoms with E-state index in [-0.39, 0.29) is 11.9 Å². The molecule has 0 radical (unpaired) electrons. The molecule has 1 heterocycles. The maximum Gasteiger partial charge on any atom is 0.241 e. The highest BCUT2D eigenvalue weighted by Gasteiger charge is 2.25. The molecule has 110 valence electrons. The van der Waals surface area contributed by atoms with Gasteiger partial charge in [-0.3, -0.25) is 9.69 Å². The summed E-state index contributed by atoms with van der Waals surface area (Å²) in [6, 6.07) is 7.90. The van der Waals surface area contributed by atoms with E-state index in [9.17, 15) is 4.79 Å². The summed E-state index contributed by atoms with van der Waals surface area (Å²) in [4.78, 5) is 15.8. The number of thioether (sulfide) groups is 1. The van der Waals surface area contributed by atoms with Gasteiger partial charge in [0.15, 0.2) is 0 Å². The third-order valence-electron chi connectivity index (χ3n) is 3.98. The molecule has 4 heteroatoms. The summed E-state index contributed by atoms with van der Waals surface area (Å²) in [5.74, 6) is 0.790. The van der Waals surface area contributed by atoms with E-state index in [4.69, 9.17) is 0 Å². The van der Waals surface area contributed by atoms with Gasteiger partial charge in [-0.05, 0) is 50.6 Å². The van der Waals surface area contributed by atoms with Crippen molar-refractivity contribution in [3.63, 3.8) is 0 Å². The number of anilines is 1. The molecule has 2 unspecified atom stereocenters. The number of nitrogens with zero attached hydrogens (tertiary/aromatic N) is 1. The lowest BCUT2D eigenvalue weighted by Crippen LogP contribution is -2.46. The van der Waals surface area contributed by atoms with E-state index >= 15 is 0 Å². The van der Waals surface area contributed by atoms with Crippen LogP contribution in [-0.4, -0.2) is 36.2 Å². The van der Waals surface area contributed by atoms with Crippen LogP contribution in [0.5, 0.6) is 0 Å². The average Bonchev–Trinajstić information content (AvgIpc) is 2.47. The number of likely N-dealkylation sites (tertiary alicyclic amines) is 1. The molecular weight excluding hydrogens is 268 g/mol. The number of hydrogen-bond acceptors (Lipinski definition) is 3. The maximum atomic E-state index is 12.4. The van der Waals surface area contributed by atoms with Gasteiger partial charge in [0.05, 0.1) is 11.7 Å². The Bertz CT molecular complexity index is 464. The third kappa shape index (κ3) is 3.76. The van der Waals surface area contributed by atoms with Gasteiger partial charge in [-0.15, -0.1) is 11.8 Å². The second kappa shape index (κ2) is 7.14. The van der Waals surface area contributed by atoms with Crippen molar-refractivity contribution >= 4 is 23.4 Å². The lowest BCUT2D eigenvalue weighted by molar-refractivity contribution is -0.121. The summed E-state index contributed by atoms with van der Waals surface area (Å²) >= 11 is 1.66. The number of piperidine rings is 1. The molecule has 1 amide bonds. The number of carbonyl (C=O) groups excluding carboxylic acids is 1. The van der Waals surface area contributed by atoms with Crippen LogP contribution in [0, 0.1) is 5.92 Å². The molecule has 0 aromatic heterocycles. The fourth-order valence-corrected chi connectivity index (χ4v) is 3.28. The van der Waals surface area contributed by atoms with E-state index in [1.807, 2.05) is 37.4 Å². The van der Waals surface area contributed by atoms with Crippen LogP contribution in [0.1, 0.15) is 26.7 Å². The quantitative estimate of drug-likeness (QED) is 0.863. The van der Waals surface area contributed by atoms with Gasteiger partial charge >= 0.3 is 0 Å². The predicted octanol–water partition coefficient (Wildman–Crippen LogP) is 3.47. The topological polar surface area (TPSA) is 32.3 Å².